The van der Waals surface area contributed by atoms with E-state index in [0.29, 0.717) is 13.1 Å². The largest absolute Gasteiger partial charge is 0.379 e. The van der Waals surface area contributed by atoms with E-state index in [1.54, 1.807) is 0 Å². The number of hydrogen-bond acceptors (Lipinski definition) is 5. The lowest BCUT2D eigenvalue weighted by atomic mass is 10.4. The Morgan fingerprint density at radius 2 is 1.62 bits per heavy atom. The van der Waals surface area contributed by atoms with Gasteiger partial charge in [0.1, 0.15) is 0 Å². The van der Waals surface area contributed by atoms with E-state index in [1.165, 1.54) is 0 Å². The molecule has 1 fully saturated rings. The minimum absolute atomic E-state index is 0.00758. The predicted octanol–water partition coefficient (Wildman–Crippen LogP) is -2.02. The molecular weight excluding hydrogens is 233 g/mol. The molecule has 0 aromatic carbocycles. The van der Waals surface area contributed by atoms with Crippen LogP contribution < -0.4 is 10.6 Å². The van der Waals surface area contributed by atoms with E-state index in [4.69, 9.17) is 9.79 Å². The summed E-state index contributed by atoms with van der Waals surface area (Å²) in [5.41, 5.74) is 0. The summed E-state index contributed by atoms with van der Waals surface area (Å²) in [5, 5.41) is 15.7. The molecule has 0 aromatic heterocycles. The van der Waals surface area contributed by atoms with Crippen molar-refractivity contribution >= 4 is 7.60 Å². The van der Waals surface area contributed by atoms with Crippen LogP contribution in [0, 0.1) is 0 Å². The zero-order valence-corrected chi connectivity index (χ0v) is 10.1. The van der Waals surface area contributed by atoms with E-state index >= 15 is 0 Å². The Bertz CT molecular complexity index is 237. The third-order valence-electron chi connectivity index (χ3n) is 2.50. The molecule has 0 aliphatic carbocycles. The highest BCUT2D eigenvalue weighted by Crippen LogP contribution is 2.39. The van der Waals surface area contributed by atoms with Gasteiger partial charge in [-0.1, -0.05) is 0 Å². The summed E-state index contributed by atoms with van der Waals surface area (Å²) in [5.74, 6) is -1.59. The van der Waals surface area contributed by atoms with Gasteiger partial charge in [0.2, 0.25) is 0 Å². The van der Waals surface area contributed by atoms with E-state index in [0.717, 1.165) is 26.2 Å². The standard InChI is InChI=1S/C8H20N3O4P/c12-8(16(13,14)15)7-11-5-3-9-1-2-10-4-6-11/h8-10,12H,1-7H2,(H2,13,14,15). The molecule has 1 unspecified atom stereocenters. The highest BCUT2D eigenvalue weighted by atomic mass is 31.2. The third-order valence-corrected chi connectivity index (χ3v) is 3.44. The molecule has 16 heavy (non-hydrogen) atoms. The first kappa shape index (κ1) is 14.1. The van der Waals surface area contributed by atoms with Crippen molar-refractivity contribution in [1.82, 2.24) is 15.5 Å². The van der Waals surface area contributed by atoms with Crippen LogP contribution in [-0.2, 0) is 4.57 Å². The molecule has 0 bridgehead atoms. The van der Waals surface area contributed by atoms with Crippen molar-refractivity contribution in [1.29, 1.82) is 0 Å². The second-order valence-electron chi connectivity index (χ2n) is 3.87. The molecule has 1 heterocycles. The first-order valence-corrected chi connectivity index (χ1v) is 7.05. The number of hydrogen-bond donors (Lipinski definition) is 5. The maximum Gasteiger partial charge on any atom is 0.355 e. The highest BCUT2D eigenvalue weighted by Gasteiger charge is 2.28. The normalized spacial score (nSPS) is 23.2. The Morgan fingerprint density at radius 3 is 2.06 bits per heavy atom. The van der Waals surface area contributed by atoms with Crippen LogP contribution in [0.1, 0.15) is 0 Å². The van der Waals surface area contributed by atoms with E-state index in [1.807, 2.05) is 4.90 Å². The number of nitrogens with zero attached hydrogens (tertiary/aromatic N) is 1. The number of aliphatic hydroxyl groups excluding tert-OH is 1. The SMILES string of the molecule is O=P(O)(O)C(O)CN1CCNCCNCC1. The maximum absolute atomic E-state index is 10.8. The summed E-state index contributed by atoms with van der Waals surface area (Å²) >= 11 is 0. The smallest absolute Gasteiger partial charge is 0.355 e. The molecule has 96 valence electrons. The summed E-state index contributed by atoms with van der Waals surface area (Å²) in [7, 11) is -4.39. The van der Waals surface area contributed by atoms with E-state index in [9.17, 15) is 9.67 Å². The molecule has 1 rings (SSSR count). The van der Waals surface area contributed by atoms with Gasteiger partial charge < -0.3 is 25.5 Å². The summed E-state index contributed by atoms with van der Waals surface area (Å²) in [6, 6.07) is 0. The third kappa shape index (κ3) is 5.36. The summed E-state index contributed by atoms with van der Waals surface area (Å²) in [6.07, 6.45) is 0. The minimum atomic E-state index is -4.39. The van der Waals surface area contributed by atoms with E-state index < -0.39 is 13.4 Å². The zero-order valence-electron chi connectivity index (χ0n) is 9.17. The molecule has 1 aliphatic rings. The first-order valence-electron chi connectivity index (χ1n) is 5.37. The van der Waals surface area contributed by atoms with Gasteiger partial charge in [0, 0.05) is 45.8 Å². The molecule has 1 atom stereocenters. The molecule has 0 spiro atoms. The topological polar surface area (TPSA) is 105 Å². The van der Waals surface area contributed by atoms with Gasteiger partial charge in [-0.3, -0.25) is 9.46 Å². The van der Waals surface area contributed by atoms with Gasteiger partial charge in [-0.2, -0.15) is 0 Å². The van der Waals surface area contributed by atoms with Gasteiger partial charge in [-0.25, -0.2) is 0 Å². The Morgan fingerprint density at radius 1 is 1.12 bits per heavy atom. The van der Waals surface area contributed by atoms with Gasteiger partial charge >= 0.3 is 7.60 Å². The molecule has 0 amide bonds. The summed E-state index contributed by atoms with van der Waals surface area (Å²) in [6.45, 7) is 4.65. The van der Waals surface area contributed by atoms with Crippen LogP contribution in [-0.4, -0.2) is 71.5 Å². The fourth-order valence-electron chi connectivity index (χ4n) is 1.53. The molecule has 0 radical (unpaired) electrons. The average Bonchev–Trinajstić information content (AvgIpc) is 2.30. The number of aliphatic hydroxyl groups is 1. The van der Waals surface area contributed by atoms with Crippen molar-refractivity contribution in [2.45, 2.75) is 5.85 Å². The highest BCUT2D eigenvalue weighted by molar-refractivity contribution is 7.52. The van der Waals surface area contributed by atoms with Crippen LogP contribution in [0.3, 0.4) is 0 Å². The first-order chi connectivity index (χ1) is 7.50. The summed E-state index contributed by atoms with van der Waals surface area (Å²) < 4.78 is 10.8. The van der Waals surface area contributed by atoms with Gasteiger partial charge in [0.25, 0.3) is 0 Å². The Kier molecular flexibility index (Phi) is 5.85. The van der Waals surface area contributed by atoms with Gasteiger partial charge in [-0.05, 0) is 0 Å². The molecule has 1 saturated heterocycles. The number of β-amino-alcohol motifs (C(OH)–C–C–N with tert-alkyl or cyclic N) is 1. The van der Waals surface area contributed by atoms with Gasteiger partial charge in [0.05, 0.1) is 0 Å². The van der Waals surface area contributed by atoms with Crippen LogP contribution in [0.15, 0.2) is 0 Å². The van der Waals surface area contributed by atoms with E-state index in [2.05, 4.69) is 10.6 Å². The minimum Gasteiger partial charge on any atom is -0.379 e. The fourth-order valence-corrected chi connectivity index (χ4v) is 1.98. The van der Waals surface area contributed by atoms with Crippen molar-refractivity contribution in [2.75, 3.05) is 45.8 Å². The quantitative estimate of drug-likeness (QED) is 0.370. The van der Waals surface area contributed by atoms with Crippen molar-refractivity contribution in [3.05, 3.63) is 0 Å². The Labute approximate surface area is 95.0 Å². The zero-order chi connectivity index (χ0) is 12.0. The van der Waals surface area contributed by atoms with E-state index in [-0.39, 0.29) is 6.54 Å². The molecule has 0 saturated carbocycles. The van der Waals surface area contributed by atoms with Gasteiger partial charge in [-0.15, -0.1) is 0 Å². The van der Waals surface area contributed by atoms with Crippen molar-refractivity contribution in [2.24, 2.45) is 0 Å². The predicted molar refractivity (Wildman–Crippen MR) is 60.2 cm³/mol. The maximum atomic E-state index is 10.8. The second-order valence-corrected chi connectivity index (χ2v) is 5.64. The van der Waals surface area contributed by atoms with Crippen molar-refractivity contribution in [3.63, 3.8) is 0 Å². The van der Waals surface area contributed by atoms with Gasteiger partial charge in [0.15, 0.2) is 5.85 Å². The molecule has 7 nitrogen and oxygen atoms in total. The molecule has 5 N–H and O–H groups in total. The fraction of sp³-hybridized carbons (Fsp3) is 1.00. The number of rotatable bonds is 3. The second kappa shape index (κ2) is 6.66. The molecule has 0 aromatic rings. The lowest BCUT2D eigenvalue weighted by Crippen LogP contribution is -2.39. The number of nitrogens with one attached hydrogen (secondary N) is 2. The van der Waals surface area contributed by atoms with Crippen LogP contribution in [0.5, 0.6) is 0 Å². The monoisotopic (exact) mass is 253 g/mol. The average molecular weight is 253 g/mol. The van der Waals surface area contributed by atoms with Crippen LogP contribution in [0.4, 0.5) is 0 Å². The lowest BCUT2D eigenvalue weighted by molar-refractivity contribution is 0.143. The van der Waals surface area contributed by atoms with Crippen molar-refractivity contribution < 1.29 is 19.5 Å². The lowest BCUT2D eigenvalue weighted by Gasteiger charge is -2.24. The molecular formula is C8H20N3O4P. The summed E-state index contributed by atoms with van der Waals surface area (Å²) in [4.78, 5) is 19.4. The van der Waals surface area contributed by atoms with Crippen LogP contribution >= 0.6 is 7.60 Å². The van der Waals surface area contributed by atoms with Crippen LogP contribution in [0.25, 0.3) is 0 Å². The molecule has 1 aliphatic heterocycles. The Hall–Kier alpha value is -0.0100. The van der Waals surface area contributed by atoms with Crippen molar-refractivity contribution in [3.8, 4) is 0 Å². The molecule has 8 heteroatoms. The Balaban J connectivity index is 2.40. The van der Waals surface area contributed by atoms with Crippen LogP contribution in [0.2, 0.25) is 0 Å².